The smallest absolute Gasteiger partial charge is 0.235 e. The van der Waals surface area contributed by atoms with Crippen molar-refractivity contribution in [1.29, 1.82) is 5.26 Å². The van der Waals surface area contributed by atoms with E-state index in [0.29, 0.717) is 24.7 Å². The maximum atomic E-state index is 9.06. The van der Waals surface area contributed by atoms with Gasteiger partial charge in [-0.1, -0.05) is 6.07 Å². The number of pyridine rings is 2. The molecule has 0 aromatic carbocycles. The molecule has 0 fully saturated rings. The Labute approximate surface area is 123 Å². The molecule has 2 aromatic rings. The maximum Gasteiger partial charge on any atom is 0.235 e. The number of nitrogens with one attached hydrogen (secondary N) is 1. The molecule has 2 aromatic heterocycles. The van der Waals surface area contributed by atoms with Crippen LogP contribution in [-0.4, -0.2) is 23.1 Å². The number of nitrogens with two attached hydrogens (primary N) is 1. The molecule has 6 nitrogen and oxygen atoms in total. The van der Waals surface area contributed by atoms with E-state index in [1.165, 1.54) is 0 Å². The molecule has 0 aliphatic heterocycles. The lowest BCUT2D eigenvalue weighted by molar-refractivity contribution is 0.326. The van der Waals surface area contributed by atoms with Gasteiger partial charge in [0.2, 0.25) is 5.88 Å². The largest absolute Gasteiger partial charge is 0.477 e. The molecule has 3 N–H and O–H groups in total. The van der Waals surface area contributed by atoms with E-state index in [1.807, 2.05) is 31.2 Å². The minimum Gasteiger partial charge on any atom is -0.477 e. The topological polar surface area (TPSA) is 96.8 Å². The number of nitrogens with zero attached hydrogens (tertiary/aromatic N) is 3. The zero-order chi connectivity index (χ0) is 15.1. The van der Waals surface area contributed by atoms with E-state index in [9.17, 15) is 0 Å². The highest BCUT2D eigenvalue weighted by Gasteiger charge is 2.11. The summed E-state index contributed by atoms with van der Waals surface area (Å²) in [5, 5.41) is 12.2. The number of anilines is 2. The van der Waals surface area contributed by atoms with Gasteiger partial charge < -0.3 is 15.8 Å². The third-order valence-corrected chi connectivity index (χ3v) is 2.82. The van der Waals surface area contributed by atoms with Gasteiger partial charge in [-0.05, 0) is 19.1 Å². The highest BCUT2D eigenvalue weighted by Crippen LogP contribution is 2.24. The van der Waals surface area contributed by atoms with Crippen molar-refractivity contribution in [3.05, 3.63) is 41.7 Å². The van der Waals surface area contributed by atoms with Gasteiger partial charge >= 0.3 is 0 Å². The van der Waals surface area contributed by atoms with Crippen molar-refractivity contribution >= 4 is 11.5 Å². The van der Waals surface area contributed by atoms with Crippen LogP contribution in [0, 0.1) is 11.3 Å². The highest BCUT2D eigenvalue weighted by molar-refractivity contribution is 5.64. The van der Waals surface area contributed by atoms with Crippen molar-refractivity contribution in [2.75, 3.05) is 24.2 Å². The lowest BCUT2D eigenvalue weighted by atomic mass is 10.2. The summed E-state index contributed by atoms with van der Waals surface area (Å²) < 4.78 is 5.35. The molecule has 21 heavy (non-hydrogen) atoms. The minimum absolute atomic E-state index is 0.264. The number of hydrogen-bond acceptors (Lipinski definition) is 6. The van der Waals surface area contributed by atoms with Crippen LogP contribution in [0.1, 0.15) is 18.2 Å². The van der Waals surface area contributed by atoms with Gasteiger partial charge in [-0.2, -0.15) is 10.2 Å². The fourth-order valence-electron chi connectivity index (χ4n) is 1.85. The summed E-state index contributed by atoms with van der Waals surface area (Å²) in [7, 11) is 0. The standard InChI is InChI=1S/C15H17N5O/c1-2-21-15-12(10-16)13(17)9-14(20-15)19-8-6-11-5-3-4-7-18-11/h3-5,7,9H,2,6,8H2,1H3,(H3,17,19,20). The molecule has 0 amide bonds. The van der Waals surface area contributed by atoms with Crippen molar-refractivity contribution in [2.45, 2.75) is 13.3 Å². The van der Waals surface area contributed by atoms with E-state index >= 15 is 0 Å². The van der Waals surface area contributed by atoms with E-state index in [4.69, 9.17) is 15.7 Å². The third-order valence-electron chi connectivity index (χ3n) is 2.82. The van der Waals surface area contributed by atoms with Crippen LogP contribution >= 0.6 is 0 Å². The average molecular weight is 283 g/mol. The molecule has 2 heterocycles. The molecule has 0 radical (unpaired) electrons. The molecule has 6 heteroatoms. The van der Waals surface area contributed by atoms with Crippen LogP contribution in [0.4, 0.5) is 11.5 Å². The van der Waals surface area contributed by atoms with Crippen LogP contribution in [0.3, 0.4) is 0 Å². The molecule has 0 saturated carbocycles. The molecule has 0 spiro atoms. The summed E-state index contributed by atoms with van der Waals surface area (Å²) in [4.78, 5) is 8.52. The lowest BCUT2D eigenvalue weighted by Gasteiger charge is -2.11. The zero-order valence-corrected chi connectivity index (χ0v) is 11.8. The number of aromatic nitrogens is 2. The van der Waals surface area contributed by atoms with Gasteiger partial charge in [0.25, 0.3) is 0 Å². The molecule has 0 unspecified atom stereocenters. The van der Waals surface area contributed by atoms with Crippen molar-refractivity contribution < 1.29 is 4.74 Å². The van der Waals surface area contributed by atoms with E-state index in [-0.39, 0.29) is 11.4 Å². The van der Waals surface area contributed by atoms with Crippen molar-refractivity contribution in [2.24, 2.45) is 0 Å². The first-order chi connectivity index (χ1) is 10.2. The number of nitriles is 1. The second kappa shape index (κ2) is 7.10. The van der Waals surface area contributed by atoms with Crippen molar-refractivity contribution in [3.63, 3.8) is 0 Å². The number of rotatable bonds is 6. The molecule has 0 aliphatic rings. The first-order valence-electron chi connectivity index (χ1n) is 6.71. The summed E-state index contributed by atoms with van der Waals surface area (Å²) in [6.45, 7) is 2.93. The predicted octanol–water partition coefficient (Wildman–Crippen LogP) is 1.98. The van der Waals surface area contributed by atoms with Crippen LogP contribution in [0.15, 0.2) is 30.5 Å². The molecular weight excluding hydrogens is 266 g/mol. The fourth-order valence-corrected chi connectivity index (χ4v) is 1.85. The second-order valence-electron chi connectivity index (χ2n) is 4.32. The first-order valence-corrected chi connectivity index (χ1v) is 6.71. The Balaban J connectivity index is 2.05. The van der Waals surface area contributed by atoms with Gasteiger partial charge in [0.1, 0.15) is 17.5 Å². The average Bonchev–Trinajstić information content (AvgIpc) is 2.48. The normalized spacial score (nSPS) is 9.90. The summed E-state index contributed by atoms with van der Waals surface area (Å²) in [5.74, 6) is 0.853. The Morgan fingerprint density at radius 1 is 1.43 bits per heavy atom. The Hall–Kier alpha value is -2.81. The van der Waals surface area contributed by atoms with E-state index < -0.39 is 0 Å². The van der Waals surface area contributed by atoms with E-state index in [2.05, 4.69) is 15.3 Å². The lowest BCUT2D eigenvalue weighted by Crippen LogP contribution is -2.09. The monoisotopic (exact) mass is 283 g/mol. The summed E-state index contributed by atoms with van der Waals surface area (Å²) >= 11 is 0. The number of nitrogen functional groups attached to an aromatic ring is 1. The highest BCUT2D eigenvalue weighted by atomic mass is 16.5. The Morgan fingerprint density at radius 2 is 2.29 bits per heavy atom. The molecule has 0 aliphatic carbocycles. The number of ether oxygens (including phenoxy) is 1. The summed E-state index contributed by atoms with van der Waals surface area (Å²) in [6, 6.07) is 9.45. The SMILES string of the molecule is CCOc1nc(NCCc2ccccn2)cc(N)c1C#N. The predicted molar refractivity (Wildman–Crippen MR) is 81.0 cm³/mol. The molecule has 108 valence electrons. The Bertz CT molecular complexity index is 637. The van der Waals surface area contributed by atoms with Crippen LogP contribution in [-0.2, 0) is 6.42 Å². The molecule has 0 saturated heterocycles. The van der Waals surface area contributed by atoms with Gasteiger partial charge in [0.05, 0.1) is 12.3 Å². The fraction of sp³-hybridized carbons (Fsp3) is 0.267. The van der Waals surface area contributed by atoms with Gasteiger partial charge in [-0.3, -0.25) is 4.98 Å². The molecular formula is C15H17N5O. The maximum absolute atomic E-state index is 9.06. The Morgan fingerprint density at radius 3 is 2.95 bits per heavy atom. The van der Waals surface area contributed by atoms with Crippen molar-refractivity contribution in [1.82, 2.24) is 9.97 Å². The van der Waals surface area contributed by atoms with Gasteiger partial charge in [0, 0.05) is 30.9 Å². The summed E-state index contributed by atoms with van der Waals surface area (Å²) in [5.41, 5.74) is 7.48. The second-order valence-corrected chi connectivity index (χ2v) is 4.32. The van der Waals surface area contributed by atoms with Crippen LogP contribution < -0.4 is 15.8 Å². The molecule has 0 atom stereocenters. The van der Waals surface area contributed by atoms with Gasteiger partial charge in [-0.15, -0.1) is 0 Å². The van der Waals surface area contributed by atoms with Crippen LogP contribution in [0.2, 0.25) is 0 Å². The first kappa shape index (κ1) is 14.6. The zero-order valence-electron chi connectivity index (χ0n) is 11.8. The minimum atomic E-state index is 0.264. The summed E-state index contributed by atoms with van der Waals surface area (Å²) in [6.07, 6.45) is 2.53. The third kappa shape index (κ3) is 3.83. The van der Waals surface area contributed by atoms with Crippen LogP contribution in [0.25, 0.3) is 0 Å². The number of hydrogen-bond donors (Lipinski definition) is 2. The van der Waals surface area contributed by atoms with E-state index in [1.54, 1.807) is 12.3 Å². The van der Waals surface area contributed by atoms with Crippen LogP contribution in [0.5, 0.6) is 5.88 Å². The van der Waals surface area contributed by atoms with Gasteiger partial charge in [0.15, 0.2) is 0 Å². The van der Waals surface area contributed by atoms with E-state index in [0.717, 1.165) is 12.1 Å². The quantitative estimate of drug-likeness (QED) is 0.841. The molecule has 2 rings (SSSR count). The molecule has 0 bridgehead atoms. The van der Waals surface area contributed by atoms with Gasteiger partial charge in [-0.25, -0.2) is 0 Å². The van der Waals surface area contributed by atoms with Crippen molar-refractivity contribution in [3.8, 4) is 11.9 Å². The Kier molecular flexibility index (Phi) is 4.94.